The van der Waals surface area contributed by atoms with Gasteiger partial charge in [-0.2, -0.15) is 0 Å². The van der Waals surface area contributed by atoms with E-state index in [1.807, 2.05) is 56.3 Å². The molecule has 4 aromatic rings. The van der Waals surface area contributed by atoms with Gasteiger partial charge in [0.25, 0.3) is 0 Å². The van der Waals surface area contributed by atoms with E-state index < -0.39 is 0 Å². The largest absolute Gasteiger partial charge is 0.492 e. The molecule has 0 spiro atoms. The van der Waals surface area contributed by atoms with Gasteiger partial charge in [-0.3, -0.25) is 0 Å². The fourth-order valence-electron chi connectivity index (χ4n) is 3.18. The number of imidazole rings is 1. The molecule has 0 bridgehead atoms. The van der Waals surface area contributed by atoms with Crippen LogP contribution in [0.2, 0.25) is 0 Å². The normalized spacial score (nSPS) is 13.2. The van der Waals surface area contributed by atoms with Crippen LogP contribution in [0.1, 0.15) is 25.5 Å². The van der Waals surface area contributed by atoms with Gasteiger partial charge in [0.1, 0.15) is 24.0 Å². The minimum Gasteiger partial charge on any atom is -0.492 e. The van der Waals surface area contributed by atoms with Crippen LogP contribution in [0.15, 0.2) is 66.9 Å². The molecule has 2 aromatic heterocycles. The summed E-state index contributed by atoms with van der Waals surface area (Å²) in [4.78, 5) is 4.44. The highest BCUT2D eigenvalue weighted by molar-refractivity contribution is 5.64. The number of halogens is 1. The molecule has 0 unspecified atom stereocenters. The van der Waals surface area contributed by atoms with Crippen molar-refractivity contribution < 1.29 is 9.13 Å². The van der Waals surface area contributed by atoms with Crippen molar-refractivity contribution in [3.8, 4) is 17.0 Å². The van der Waals surface area contributed by atoms with E-state index in [4.69, 9.17) is 10.5 Å². The second-order valence-corrected chi connectivity index (χ2v) is 7.37. The molecule has 0 fully saturated rings. The summed E-state index contributed by atoms with van der Waals surface area (Å²) in [6.07, 6.45) is 1.79. The fourth-order valence-corrected chi connectivity index (χ4v) is 3.18. The number of hydrogen-bond donors (Lipinski definition) is 2. The zero-order valence-electron chi connectivity index (χ0n) is 16.9. The first kappa shape index (κ1) is 19.8. The Labute approximate surface area is 174 Å². The Kier molecular flexibility index (Phi) is 5.63. The minimum atomic E-state index is -0.255. The van der Waals surface area contributed by atoms with Crippen molar-refractivity contribution in [1.82, 2.24) is 14.6 Å². The van der Waals surface area contributed by atoms with Crippen molar-refractivity contribution in [3.05, 3.63) is 78.2 Å². The summed E-state index contributed by atoms with van der Waals surface area (Å²) in [5.41, 5.74) is 9.16. The smallest absolute Gasteiger partial charge is 0.154 e. The number of fused-ring (bicyclic) bond motifs is 1. The van der Waals surface area contributed by atoms with Gasteiger partial charge in [0.2, 0.25) is 0 Å². The lowest BCUT2D eigenvalue weighted by molar-refractivity contribution is 0.296. The van der Waals surface area contributed by atoms with E-state index in [0.717, 1.165) is 28.2 Å². The molecule has 0 radical (unpaired) electrons. The van der Waals surface area contributed by atoms with Gasteiger partial charge in [0.15, 0.2) is 5.65 Å². The highest BCUT2D eigenvalue weighted by atomic mass is 19.1. The summed E-state index contributed by atoms with van der Waals surface area (Å²) in [6, 6.07) is 18.0. The van der Waals surface area contributed by atoms with Gasteiger partial charge >= 0.3 is 0 Å². The van der Waals surface area contributed by atoms with Crippen LogP contribution in [-0.4, -0.2) is 27.2 Å². The summed E-state index contributed by atoms with van der Waals surface area (Å²) in [5.74, 6) is 1.19. The van der Waals surface area contributed by atoms with Gasteiger partial charge < -0.3 is 15.8 Å². The van der Waals surface area contributed by atoms with Crippen LogP contribution in [0, 0.1) is 5.82 Å². The predicted molar refractivity (Wildman–Crippen MR) is 116 cm³/mol. The summed E-state index contributed by atoms with van der Waals surface area (Å²) in [5, 5.41) is 8.01. The third kappa shape index (κ3) is 4.41. The predicted octanol–water partition coefficient (Wildman–Crippen LogP) is 4.43. The molecule has 3 N–H and O–H groups in total. The van der Waals surface area contributed by atoms with Crippen molar-refractivity contribution in [1.29, 1.82) is 0 Å². The molecule has 0 aliphatic rings. The van der Waals surface area contributed by atoms with E-state index >= 15 is 0 Å². The quantitative estimate of drug-likeness (QED) is 0.475. The Balaban J connectivity index is 1.57. The molecule has 154 valence electrons. The maximum Gasteiger partial charge on any atom is 0.154 e. The molecule has 0 amide bonds. The standard InChI is InChI=1S/C23H24FN5O/c1-15(25)14-30-20-8-6-17(7-9-20)21-13-26-23-11-10-22(28-29(21)23)27-16(2)18-4-3-5-19(24)12-18/h3-13,15-16H,14,25H2,1-2H3,(H,27,28)/t15-,16+/m0/s1. The van der Waals surface area contributed by atoms with Crippen LogP contribution >= 0.6 is 0 Å². The molecule has 4 rings (SSSR count). The number of nitrogens with zero attached hydrogens (tertiary/aromatic N) is 3. The molecule has 0 aliphatic carbocycles. The molecular weight excluding hydrogens is 381 g/mol. The Morgan fingerprint density at radius 1 is 1.10 bits per heavy atom. The van der Waals surface area contributed by atoms with Crippen LogP contribution in [-0.2, 0) is 0 Å². The second-order valence-electron chi connectivity index (χ2n) is 7.37. The highest BCUT2D eigenvalue weighted by Gasteiger charge is 2.11. The van der Waals surface area contributed by atoms with Crippen LogP contribution in [0.25, 0.3) is 16.9 Å². The maximum absolute atomic E-state index is 13.5. The fraction of sp³-hybridized carbons (Fsp3) is 0.217. The van der Waals surface area contributed by atoms with Gasteiger partial charge in [0.05, 0.1) is 17.9 Å². The van der Waals surface area contributed by atoms with Crippen LogP contribution in [0.4, 0.5) is 10.2 Å². The minimum absolute atomic E-state index is 0.0201. The molecule has 7 heteroatoms. The van der Waals surface area contributed by atoms with Crippen LogP contribution in [0.5, 0.6) is 5.75 Å². The number of aromatic nitrogens is 3. The zero-order chi connectivity index (χ0) is 21.1. The van der Waals surface area contributed by atoms with Crippen molar-refractivity contribution in [2.75, 3.05) is 11.9 Å². The van der Waals surface area contributed by atoms with E-state index in [1.54, 1.807) is 16.8 Å². The molecule has 2 heterocycles. The lowest BCUT2D eigenvalue weighted by Crippen LogP contribution is -2.23. The molecule has 0 aliphatic heterocycles. The lowest BCUT2D eigenvalue weighted by atomic mass is 10.1. The first-order valence-electron chi connectivity index (χ1n) is 9.85. The molecule has 6 nitrogen and oxygen atoms in total. The van der Waals surface area contributed by atoms with Gasteiger partial charge in [-0.15, -0.1) is 5.10 Å². The van der Waals surface area contributed by atoms with E-state index in [2.05, 4.69) is 15.4 Å². The van der Waals surface area contributed by atoms with Crippen molar-refractivity contribution in [3.63, 3.8) is 0 Å². The number of benzene rings is 2. The Morgan fingerprint density at radius 3 is 2.63 bits per heavy atom. The number of ether oxygens (including phenoxy) is 1. The van der Waals surface area contributed by atoms with E-state index in [-0.39, 0.29) is 17.9 Å². The Bertz CT molecular complexity index is 1140. The Hall–Kier alpha value is -3.45. The monoisotopic (exact) mass is 405 g/mol. The third-order valence-electron chi connectivity index (χ3n) is 4.74. The first-order valence-corrected chi connectivity index (χ1v) is 9.85. The number of nitrogens with one attached hydrogen (secondary N) is 1. The summed E-state index contributed by atoms with van der Waals surface area (Å²) >= 11 is 0. The second kappa shape index (κ2) is 8.51. The summed E-state index contributed by atoms with van der Waals surface area (Å²) < 4.78 is 20.9. The first-order chi connectivity index (χ1) is 14.5. The van der Waals surface area contributed by atoms with E-state index in [0.29, 0.717) is 12.4 Å². The molecule has 2 aromatic carbocycles. The molecule has 0 saturated heterocycles. The van der Waals surface area contributed by atoms with Crippen molar-refractivity contribution in [2.24, 2.45) is 5.73 Å². The molecular formula is C23H24FN5O. The topological polar surface area (TPSA) is 77.5 Å². The number of nitrogens with two attached hydrogens (primary N) is 1. The van der Waals surface area contributed by atoms with Crippen molar-refractivity contribution >= 4 is 11.5 Å². The lowest BCUT2D eigenvalue weighted by Gasteiger charge is -2.15. The average molecular weight is 405 g/mol. The SMILES string of the molecule is C[C@H](N)COc1ccc(-c2cnc3ccc(N[C@H](C)c4cccc(F)c4)nn23)cc1. The third-order valence-corrected chi connectivity index (χ3v) is 4.74. The Morgan fingerprint density at radius 2 is 1.90 bits per heavy atom. The van der Waals surface area contributed by atoms with Gasteiger partial charge in [0, 0.05) is 11.6 Å². The van der Waals surface area contributed by atoms with Crippen LogP contribution < -0.4 is 15.8 Å². The number of anilines is 1. The summed E-state index contributed by atoms with van der Waals surface area (Å²) in [7, 11) is 0. The zero-order valence-corrected chi connectivity index (χ0v) is 16.9. The van der Waals surface area contributed by atoms with E-state index in [1.165, 1.54) is 12.1 Å². The van der Waals surface area contributed by atoms with Crippen LogP contribution in [0.3, 0.4) is 0 Å². The van der Waals surface area contributed by atoms with E-state index in [9.17, 15) is 4.39 Å². The average Bonchev–Trinajstić information content (AvgIpc) is 3.16. The summed E-state index contributed by atoms with van der Waals surface area (Å²) in [6.45, 7) is 4.34. The highest BCUT2D eigenvalue weighted by Crippen LogP contribution is 2.25. The molecule has 30 heavy (non-hydrogen) atoms. The molecule has 0 saturated carbocycles. The van der Waals surface area contributed by atoms with Gasteiger partial charge in [-0.25, -0.2) is 13.9 Å². The van der Waals surface area contributed by atoms with Gasteiger partial charge in [-0.1, -0.05) is 12.1 Å². The number of rotatable bonds is 7. The van der Waals surface area contributed by atoms with Crippen molar-refractivity contribution in [2.45, 2.75) is 25.9 Å². The van der Waals surface area contributed by atoms with Gasteiger partial charge in [-0.05, 0) is 67.9 Å². The number of hydrogen-bond acceptors (Lipinski definition) is 5. The molecule has 2 atom stereocenters. The maximum atomic E-state index is 13.5.